The number of carbonyl (C=O) groups excluding carboxylic acids is 1. The summed E-state index contributed by atoms with van der Waals surface area (Å²) >= 11 is 0. The Balaban J connectivity index is 1.57. The zero-order valence-corrected chi connectivity index (χ0v) is 16.1. The zero-order valence-electron chi connectivity index (χ0n) is 16.1. The third kappa shape index (κ3) is 3.28. The zero-order chi connectivity index (χ0) is 21.4. The highest BCUT2D eigenvalue weighted by Crippen LogP contribution is 2.33. The van der Waals surface area contributed by atoms with E-state index in [-0.39, 0.29) is 11.3 Å². The second-order valence-electron chi connectivity index (χ2n) is 6.93. The highest BCUT2D eigenvalue weighted by atomic mass is 16.6. The molecule has 150 valence electrons. The summed E-state index contributed by atoms with van der Waals surface area (Å²) in [5, 5.41) is 16.1. The summed E-state index contributed by atoms with van der Waals surface area (Å²) in [6, 6.07) is 24.6. The number of rotatable bonds is 4. The number of carbonyl (C=O) groups is 1. The van der Waals surface area contributed by atoms with E-state index in [4.69, 9.17) is 4.42 Å². The summed E-state index contributed by atoms with van der Waals surface area (Å²) in [6.07, 6.45) is 0. The summed E-state index contributed by atoms with van der Waals surface area (Å²) in [4.78, 5) is 28.2. The molecule has 0 aliphatic rings. The largest absolute Gasteiger partial charge is 0.436 e. The third-order valence-corrected chi connectivity index (χ3v) is 5.03. The first-order valence-corrected chi connectivity index (χ1v) is 9.54. The summed E-state index contributed by atoms with van der Waals surface area (Å²) in [7, 11) is 0. The monoisotopic (exact) mass is 409 g/mol. The minimum Gasteiger partial charge on any atom is -0.436 e. The highest BCUT2D eigenvalue weighted by molar-refractivity contribution is 6.09. The number of hydrogen-bond donors (Lipinski definition) is 1. The lowest BCUT2D eigenvalue weighted by Crippen LogP contribution is -2.14. The van der Waals surface area contributed by atoms with Crippen molar-refractivity contribution in [3.8, 4) is 11.5 Å². The number of fused-ring (bicyclic) bond motifs is 3. The molecule has 0 saturated heterocycles. The van der Waals surface area contributed by atoms with Gasteiger partial charge in [-0.05, 0) is 29.7 Å². The second-order valence-corrected chi connectivity index (χ2v) is 6.93. The summed E-state index contributed by atoms with van der Waals surface area (Å²) < 4.78 is 5.98. The van der Waals surface area contributed by atoms with E-state index in [0.29, 0.717) is 22.7 Å². The van der Waals surface area contributed by atoms with Crippen molar-refractivity contribution in [3.05, 3.63) is 101 Å². The molecule has 0 bridgehead atoms. The molecule has 1 N–H and O–H groups in total. The Bertz CT molecular complexity index is 1470. The number of nitrogens with zero attached hydrogens (tertiary/aromatic N) is 2. The fourth-order valence-corrected chi connectivity index (χ4v) is 3.57. The van der Waals surface area contributed by atoms with Gasteiger partial charge in [0.15, 0.2) is 5.58 Å². The molecule has 0 atom stereocenters. The SMILES string of the molecule is O=C(Nc1ccccc1-c1nc2c(ccc3ccccc32)o1)c1ccccc1[N+](=O)[O-]. The maximum absolute atomic E-state index is 12.8. The van der Waals surface area contributed by atoms with Gasteiger partial charge in [-0.15, -0.1) is 0 Å². The molecule has 4 aromatic carbocycles. The Morgan fingerprint density at radius 2 is 1.65 bits per heavy atom. The number of hydrogen-bond acceptors (Lipinski definition) is 5. The van der Waals surface area contributed by atoms with Crippen LogP contribution in [0.25, 0.3) is 33.3 Å². The van der Waals surface area contributed by atoms with Crippen LogP contribution in [0.1, 0.15) is 10.4 Å². The van der Waals surface area contributed by atoms with Gasteiger partial charge in [0.25, 0.3) is 11.6 Å². The molecule has 1 aromatic heterocycles. The van der Waals surface area contributed by atoms with Gasteiger partial charge in [0.2, 0.25) is 5.89 Å². The van der Waals surface area contributed by atoms with Gasteiger partial charge in [0, 0.05) is 11.5 Å². The number of nitro groups is 1. The van der Waals surface area contributed by atoms with Crippen LogP contribution in [0.3, 0.4) is 0 Å². The number of oxazole rings is 1. The molecule has 0 unspecified atom stereocenters. The van der Waals surface area contributed by atoms with Crippen LogP contribution in [0.4, 0.5) is 11.4 Å². The number of anilines is 1. The molecular weight excluding hydrogens is 394 g/mol. The fraction of sp³-hybridized carbons (Fsp3) is 0. The molecule has 31 heavy (non-hydrogen) atoms. The van der Waals surface area contributed by atoms with Crippen LogP contribution in [0.5, 0.6) is 0 Å². The Labute approximate surface area is 176 Å². The van der Waals surface area contributed by atoms with Crippen molar-refractivity contribution >= 4 is 39.2 Å². The number of aromatic nitrogens is 1. The number of nitro benzene ring substituents is 1. The van der Waals surface area contributed by atoms with Crippen molar-refractivity contribution in [3.63, 3.8) is 0 Å². The van der Waals surface area contributed by atoms with Crippen molar-refractivity contribution in [1.82, 2.24) is 4.98 Å². The molecule has 0 saturated carbocycles. The average Bonchev–Trinajstić information content (AvgIpc) is 3.24. The quantitative estimate of drug-likeness (QED) is 0.298. The van der Waals surface area contributed by atoms with Crippen molar-refractivity contribution in [2.45, 2.75) is 0 Å². The first-order valence-electron chi connectivity index (χ1n) is 9.54. The van der Waals surface area contributed by atoms with E-state index in [0.717, 1.165) is 16.3 Å². The van der Waals surface area contributed by atoms with Crippen molar-refractivity contribution in [1.29, 1.82) is 0 Å². The van der Waals surface area contributed by atoms with Crippen molar-refractivity contribution in [2.75, 3.05) is 5.32 Å². The van der Waals surface area contributed by atoms with Gasteiger partial charge in [0.1, 0.15) is 11.1 Å². The maximum atomic E-state index is 12.8. The topological polar surface area (TPSA) is 98.3 Å². The van der Waals surface area contributed by atoms with Crippen LogP contribution < -0.4 is 5.32 Å². The first-order chi connectivity index (χ1) is 15.1. The molecule has 0 fully saturated rings. The molecule has 0 spiro atoms. The molecule has 1 amide bonds. The van der Waals surface area contributed by atoms with Gasteiger partial charge >= 0.3 is 0 Å². The van der Waals surface area contributed by atoms with E-state index in [1.54, 1.807) is 24.3 Å². The van der Waals surface area contributed by atoms with E-state index in [1.165, 1.54) is 18.2 Å². The van der Waals surface area contributed by atoms with Crippen LogP contribution >= 0.6 is 0 Å². The Kier molecular flexibility index (Phi) is 4.41. The second kappa shape index (κ2) is 7.38. The minimum atomic E-state index is -0.582. The number of nitrogens with one attached hydrogen (secondary N) is 1. The van der Waals surface area contributed by atoms with E-state index in [1.807, 2.05) is 42.5 Å². The third-order valence-electron chi connectivity index (χ3n) is 5.03. The Hall–Kier alpha value is -4.52. The lowest BCUT2D eigenvalue weighted by Gasteiger charge is -2.09. The van der Waals surface area contributed by atoms with Crippen LogP contribution in [0.15, 0.2) is 89.3 Å². The smallest absolute Gasteiger partial charge is 0.282 e. The van der Waals surface area contributed by atoms with Crippen LogP contribution in [-0.2, 0) is 0 Å². The summed E-state index contributed by atoms with van der Waals surface area (Å²) in [5.41, 5.74) is 2.11. The first kappa shape index (κ1) is 18.5. The van der Waals surface area contributed by atoms with Crippen molar-refractivity contribution in [2.24, 2.45) is 0 Å². The van der Waals surface area contributed by atoms with E-state index in [2.05, 4.69) is 10.3 Å². The molecule has 1 heterocycles. The molecule has 5 rings (SSSR count). The number of benzene rings is 4. The predicted octanol–water partition coefficient (Wildman–Crippen LogP) is 5.81. The molecular formula is C24H15N3O4. The molecule has 0 radical (unpaired) electrons. The molecule has 0 aliphatic carbocycles. The van der Waals surface area contributed by atoms with Crippen LogP contribution in [0.2, 0.25) is 0 Å². The normalized spacial score (nSPS) is 11.0. The van der Waals surface area contributed by atoms with Gasteiger partial charge in [-0.25, -0.2) is 4.98 Å². The predicted molar refractivity (Wildman–Crippen MR) is 118 cm³/mol. The number of amides is 1. The van der Waals surface area contributed by atoms with E-state index < -0.39 is 10.8 Å². The van der Waals surface area contributed by atoms with Crippen molar-refractivity contribution < 1.29 is 14.1 Å². The van der Waals surface area contributed by atoms with Gasteiger partial charge in [-0.3, -0.25) is 14.9 Å². The Morgan fingerprint density at radius 3 is 2.52 bits per heavy atom. The van der Waals surface area contributed by atoms with Gasteiger partial charge in [-0.1, -0.05) is 54.6 Å². The standard InChI is InChI=1S/C24H15N3O4/c28-23(18-10-4-6-12-20(18)27(29)30)25-19-11-5-3-9-17(19)24-26-22-16-8-2-1-7-15(16)13-14-21(22)31-24/h1-14H,(H,25,28). The average molecular weight is 409 g/mol. The molecule has 0 aliphatic heterocycles. The fourth-order valence-electron chi connectivity index (χ4n) is 3.57. The van der Waals surface area contributed by atoms with E-state index in [9.17, 15) is 14.9 Å². The highest BCUT2D eigenvalue weighted by Gasteiger charge is 2.21. The van der Waals surface area contributed by atoms with Gasteiger partial charge in [0.05, 0.1) is 16.2 Å². The van der Waals surface area contributed by atoms with Gasteiger partial charge < -0.3 is 9.73 Å². The minimum absolute atomic E-state index is 0.0223. The Morgan fingerprint density at radius 1 is 0.903 bits per heavy atom. The van der Waals surface area contributed by atoms with Crippen LogP contribution in [-0.4, -0.2) is 15.8 Å². The molecule has 7 heteroatoms. The summed E-state index contributed by atoms with van der Waals surface area (Å²) in [5.74, 6) is -0.230. The molecule has 5 aromatic rings. The molecule has 7 nitrogen and oxygen atoms in total. The van der Waals surface area contributed by atoms with Gasteiger partial charge in [-0.2, -0.15) is 0 Å². The number of para-hydroxylation sites is 2. The lowest BCUT2D eigenvalue weighted by atomic mass is 10.1. The van der Waals surface area contributed by atoms with E-state index >= 15 is 0 Å². The summed E-state index contributed by atoms with van der Waals surface area (Å²) in [6.45, 7) is 0. The van der Waals surface area contributed by atoms with Crippen LogP contribution in [0, 0.1) is 10.1 Å². The maximum Gasteiger partial charge on any atom is 0.282 e. The lowest BCUT2D eigenvalue weighted by molar-refractivity contribution is -0.385.